The van der Waals surface area contributed by atoms with Crippen LogP contribution in [0.2, 0.25) is 0 Å². The van der Waals surface area contributed by atoms with Gasteiger partial charge in [-0.2, -0.15) is 0 Å². The number of benzene rings is 1. The molecule has 104 valence electrons. The summed E-state index contributed by atoms with van der Waals surface area (Å²) in [5, 5.41) is 11.5. The maximum Gasteiger partial charge on any atom is 0.307 e. The fourth-order valence-electron chi connectivity index (χ4n) is 2.32. The number of aromatic amines is 1. The highest BCUT2D eigenvalue weighted by atomic mass is 16.4. The first-order valence-electron chi connectivity index (χ1n) is 6.50. The summed E-state index contributed by atoms with van der Waals surface area (Å²) >= 11 is 0. The minimum atomic E-state index is -0.899. The molecule has 2 atom stereocenters. The Labute approximate surface area is 115 Å². The number of amides is 1. The molecule has 1 aliphatic rings. The van der Waals surface area contributed by atoms with E-state index < -0.39 is 11.9 Å². The van der Waals surface area contributed by atoms with Gasteiger partial charge in [-0.1, -0.05) is 6.07 Å². The molecule has 1 saturated carbocycles. The lowest BCUT2D eigenvalue weighted by molar-refractivity contribution is -0.140. The predicted molar refractivity (Wildman–Crippen MR) is 71.9 cm³/mol. The molecule has 0 spiro atoms. The van der Waals surface area contributed by atoms with E-state index in [1.165, 1.54) is 0 Å². The van der Waals surface area contributed by atoms with Gasteiger partial charge in [0.05, 0.1) is 29.4 Å². The van der Waals surface area contributed by atoms with Gasteiger partial charge in [-0.25, -0.2) is 4.98 Å². The Kier molecular flexibility index (Phi) is 2.93. The van der Waals surface area contributed by atoms with E-state index in [0.29, 0.717) is 12.2 Å². The van der Waals surface area contributed by atoms with Crippen LogP contribution < -0.4 is 5.32 Å². The predicted octanol–water partition coefficient (Wildman–Crippen LogP) is 1.21. The Morgan fingerprint density at radius 2 is 2.25 bits per heavy atom. The second kappa shape index (κ2) is 4.63. The third-order valence-electron chi connectivity index (χ3n) is 3.56. The Morgan fingerprint density at radius 3 is 2.95 bits per heavy atom. The number of nitrogens with one attached hydrogen (secondary N) is 2. The van der Waals surface area contributed by atoms with Crippen molar-refractivity contribution in [2.45, 2.75) is 19.9 Å². The van der Waals surface area contributed by atoms with Crippen molar-refractivity contribution in [3.8, 4) is 0 Å². The van der Waals surface area contributed by atoms with Gasteiger partial charge in [0, 0.05) is 0 Å². The summed E-state index contributed by atoms with van der Waals surface area (Å²) < 4.78 is 0. The van der Waals surface area contributed by atoms with E-state index in [2.05, 4.69) is 15.3 Å². The van der Waals surface area contributed by atoms with Crippen molar-refractivity contribution in [2.24, 2.45) is 11.8 Å². The van der Waals surface area contributed by atoms with Crippen molar-refractivity contribution < 1.29 is 14.7 Å². The van der Waals surface area contributed by atoms with Crippen molar-refractivity contribution in [2.75, 3.05) is 0 Å². The van der Waals surface area contributed by atoms with Crippen molar-refractivity contribution in [1.82, 2.24) is 15.3 Å². The number of imidazole rings is 1. The van der Waals surface area contributed by atoms with Crippen LogP contribution in [0.3, 0.4) is 0 Å². The molecule has 6 nitrogen and oxygen atoms in total. The van der Waals surface area contributed by atoms with Gasteiger partial charge in [0.1, 0.15) is 5.82 Å². The molecule has 1 aliphatic carbocycles. The fraction of sp³-hybridized carbons (Fsp3) is 0.357. The highest BCUT2D eigenvalue weighted by molar-refractivity contribution is 5.89. The van der Waals surface area contributed by atoms with Gasteiger partial charge in [-0.3, -0.25) is 9.59 Å². The van der Waals surface area contributed by atoms with Crippen LogP contribution in [-0.4, -0.2) is 27.0 Å². The maximum absolute atomic E-state index is 11.7. The number of aromatic nitrogens is 2. The lowest BCUT2D eigenvalue weighted by Crippen LogP contribution is -2.26. The van der Waals surface area contributed by atoms with Crippen LogP contribution in [0.25, 0.3) is 11.0 Å². The number of aliphatic carboxylic acids is 1. The van der Waals surface area contributed by atoms with Crippen molar-refractivity contribution in [3.05, 3.63) is 29.6 Å². The summed E-state index contributed by atoms with van der Waals surface area (Å²) in [7, 11) is 0. The molecule has 2 unspecified atom stereocenters. The number of H-pyrrole nitrogens is 1. The standard InChI is InChI=1S/C14H15N3O3/c1-7-2-3-10-11(4-7)17-12(16-10)6-15-13(18)8-5-9(8)14(19)20/h2-4,8-9H,5-6H2,1H3,(H,15,18)(H,16,17)(H,19,20). The Hall–Kier alpha value is -2.37. The molecular weight excluding hydrogens is 258 g/mol. The minimum Gasteiger partial charge on any atom is -0.481 e. The number of carbonyl (C=O) groups excluding carboxylic acids is 1. The number of carboxylic acids is 1. The molecule has 1 heterocycles. The van der Waals surface area contributed by atoms with Gasteiger partial charge in [0.2, 0.25) is 5.91 Å². The molecule has 0 radical (unpaired) electrons. The average molecular weight is 273 g/mol. The van der Waals surface area contributed by atoms with Gasteiger partial charge < -0.3 is 15.4 Å². The van der Waals surface area contributed by atoms with E-state index >= 15 is 0 Å². The molecule has 6 heteroatoms. The maximum atomic E-state index is 11.7. The van der Waals surface area contributed by atoms with E-state index in [9.17, 15) is 9.59 Å². The number of aryl methyl sites for hydroxylation is 1. The van der Waals surface area contributed by atoms with Gasteiger partial charge in [0.25, 0.3) is 0 Å². The van der Waals surface area contributed by atoms with Crippen molar-refractivity contribution in [1.29, 1.82) is 0 Å². The Morgan fingerprint density at radius 1 is 1.45 bits per heavy atom. The van der Waals surface area contributed by atoms with Gasteiger partial charge >= 0.3 is 5.97 Å². The molecule has 0 saturated heterocycles. The highest BCUT2D eigenvalue weighted by Gasteiger charge is 2.48. The topological polar surface area (TPSA) is 95.1 Å². The van der Waals surface area contributed by atoms with E-state index in [1.54, 1.807) is 0 Å². The second-order valence-electron chi connectivity index (χ2n) is 5.21. The summed E-state index contributed by atoms with van der Waals surface area (Å²) in [6.07, 6.45) is 0.431. The number of hydrogen-bond acceptors (Lipinski definition) is 3. The van der Waals surface area contributed by atoms with E-state index in [-0.39, 0.29) is 18.4 Å². The summed E-state index contributed by atoms with van der Waals surface area (Å²) in [4.78, 5) is 30.0. The molecule has 3 N–H and O–H groups in total. The molecule has 1 fully saturated rings. The molecular formula is C14H15N3O3. The van der Waals surface area contributed by atoms with Crippen molar-refractivity contribution >= 4 is 22.9 Å². The summed E-state index contributed by atoms with van der Waals surface area (Å²) in [6.45, 7) is 2.29. The third kappa shape index (κ3) is 2.36. The second-order valence-corrected chi connectivity index (χ2v) is 5.21. The average Bonchev–Trinajstić information content (AvgIpc) is 3.11. The van der Waals surface area contributed by atoms with Crippen LogP contribution in [0.5, 0.6) is 0 Å². The summed E-state index contributed by atoms with van der Waals surface area (Å²) in [6, 6.07) is 5.90. The quantitative estimate of drug-likeness (QED) is 0.780. The van der Waals surface area contributed by atoms with Crippen molar-refractivity contribution in [3.63, 3.8) is 0 Å². The number of carbonyl (C=O) groups is 2. The molecule has 1 amide bonds. The molecule has 20 heavy (non-hydrogen) atoms. The first-order valence-corrected chi connectivity index (χ1v) is 6.50. The molecule has 1 aromatic heterocycles. The Balaban J connectivity index is 1.63. The number of carboxylic acid groups (broad SMARTS) is 1. The van der Waals surface area contributed by atoms with Gasteiger partial charge in [-0.05, 0) is 31.0 Å². The van der Waals surface area contributed by atoms with Gasteiger partial charge in [-0.15, -0.1) is 0 Å². The van der Waals surface area contributed by atoms with Crippen LogP contribution in [0.15, 0.2) is 18.2 Å². The Bertz CT molecular complexity index is 692. The molecule has 0 bridgehead atoms. The van der Waals surface area contributed by atoms with E-state index in [1.807, 2.05) is 25.1 Å². The SMILES string of the molecule is Cc1ccc2nc(CNC(=O)C3CC3C(=O)O)[nH]c2c1. The van der Waals surface area contributed by atoms with Crippen LogP contribution >= 0.6 is 0 Å². The number of nitrogens with zero attached hydrogens (tertiary/aromatic N) is 1. The molecule has 1 aromatic carbocycles. The largest absolute Gasteiger partial charge is 0.481 e. The zero-order valence-electron chi connectivity index (χ0n) is 11.0. The molecule has 0 aliphatic heterocycles. The first-order chi connectivity index (χ1) is 9.54. The molecule has 3 rings (SSSR count). The minimum absolute atomic E-state index is 0.214. The highest BCUT2D eigenvalue weighted by Crippen LogP contribution is 2.38. The van der Waals surface area contributed by atoms with Gasteiger partial charge in [0.15, 0.2) is 0 Å². The van der Waals surface area contributed by atoms with Crippen LogP contribution in [0.1, 0.15) is 17.8 Å². The fourth-order valence-corrected chi connectivity index (χ4v) is 2.32. The van der Waals surface area contributed by atoms with E-state index in [0.717, 1.165) is 16.6 Å². The number of rotatable bonds is 4. The van der Waals surface area contributed by atoms with Crippen LogP contribution in [0, 0.1) is 18.8 Å². The monoisotopic (exact) mass is 273 g/mol. The van der Waals surface area contributed by atoms with Crippen LogP contribution in [0.4, 0.5) is 0 Å². The van der Waals surface area contributed by atoms with Crippen LogP contribution in [-0.2, 0) is 16.1 Å². The number of hydrogen-bond donors (Lipinski definition) is 3. The lowest BCUT2D eigenvalue weighted by atomic mass is 10.2. The van der Waals surface area contributed by atoms with E-state index in [4.69, 9.17) is 5.11 Å². The summed E-state index contributed by atoms with van der Waals surface area (Å²) in [5.41, 5.74) is 2.93. The zero-order valence-corrected chi connectivity index (χ0v) is 11.0. The first kappa shape index (κ1) is 12.7. The number of fused-ring (bicyclic) bond motifs is 1. The zero-order chi connectivity index (χ0) is 14.3. The lowest BCUT2D eigenvalue weighted by Gasteiger charge is -2.01. The third-order valence-corrected chi connectivity index (χ3v) is 3.56. The molecule has 2 aromatic rings. The normalized spacial score (nSPS) is 20.9. The summed E-state index contributed by atoms with van der Waals surface area (Å²) in [5.74, 6) is -1.35. The smallest absolute Gasteiger partial charge is 0.307 e.